The van der Waals surface area contributed by atoms with Crippen LogP contribution in [0.5, 0.6) is 0 Å². The molecule has 13 heteroatoms. The topological polar surface area (TPSA) is 187 Å². The second-order valence-corrected chi connectivity index (χ2v) is 14.1. The number of carbonyl (C=O) groups is 3. The quantitative estimate of drug-likeness (QED) is 0.109. The summed E-state index contributed by atoms with van der Waals surface area (Å²) >= 11 is 0. The summed E-state index contributed by atoms with van der Waals surface area (Å²) in [6, 6.07) is -1.02. The zero-order valence-corrected chi connectivity index (χ0v) is 28.1. The fraction of sp³-hybridized carbons (Fsp3) is 0.912. The molecule has 2 aliphatic carbocycles. The first-order valence-corrected chi connectivity index (χ1v) is 18.0. The van der Waals surface area contributed by atoms with Crippen molar-refractivity contribution in [1.29, 1.82) is 0 Å². The number of hydrogen-bond acceptors (Lipinski definition) is 10. The molecular formula is C34H59N3O10. The lowest BCUT2D eigenvalue weighted by Crippen LogP contribution is -2.64. The summed E-state index contributed by atoms with van der Waals surface area (Å²) in [5.74, 6) is 1.34. The molecule has 4 rings (SSSR count). The molecule has 2 aliphatic heterocycles. The zero-order chi connectivity index (χ0) is 33.8. The third kappa shape index (κ3) is 11.6. The van der Waals surface area contributed by atoms with Crippen molar-refractivity contribution in [2.24, 2.45) is 11.8 Å². The Morgan fingerprint density at radius 2 is 1.64 bits per heavy atom. The summed E-state index contributed by atoms with van der Waals surface area (Å²) in [5, 5.41) is 45.5. The van der Waals surface area contributed by atoms with Crippen molar-refractivity contribution in [2.75, 3.05) is 32.9 Å². The van der Waals surface area contributed by atoms with Gasteiger partial charge in [0.2, 0.25) is 17.7 Å². The van der Waals surface area contributed by atoms with E-state index >= 15 is 0 Å². The number of aliphatic hydroxyl groups is 4. The molecule has 0 bridgehead atoms. The summed E-state index contributed by atoms with van der Waals surface area (Å²) in [5.41, 5.74) is 0. The van der Waals surface area contributed by atoms with Crippen LogP contribution >= 0.6 is 0 Å². The van der Waals surface area contributed by atoms with Crippen LogP contribution in [0.3, 0.4) is 0 Å². The van der Waals surface area contributed by atoms with E-state index in [4.69, 9.17) is 14.2 Å². The minimum atomic E-state index is -1.36. The number of carbonyl (C=O) groups excluding carboxylic acids is 3. The molecule has 0 aromatic rings. The van der Waals surface area contributed by atoms with E-state index < -0.39 is 49.3 Å². The van der Waals surface area contributed by atoms with Gasteiger partial charge in [-0.3, -0.25) is 14.4 Å². The molecule has 3 amide bonds. The number of likely N-dealkylation sites (tertiary alicyclic amines) is 1. The highest BCUT2D eigenvalue weighted by atomic mass is 16.7. The van der Waals surface area contributed by atoms with E-state index in [0.717, 1.165) is 50.4 Å². The summed E-state index contributed by atoms with van der Waals surface area (Å²) in [6.45, 7) is 2.49. The lowest BCUT2D eigenvalue weighted by atomic mass is 9.75. The Bertz CT molecular complexity index is 984. The van der Waals surface area contributed by atoms with Crippen LogP contribution in [-0.2, 0) is 28.6 Å². The van der Waals surface area contributed by atoms with Gasteiger partial charge in [-0.1, -0.05) is 32.1 Å². The normalized spacial score (nSPS) is 32.7. The third-order valence-corrected chi connectivity index (χ3v) is 10.4. The summed E-state index contributed by atoms with van der Waals surface area (Å²) in [7, 11) is 0. The molecule has 4 fully saturated rings. The Balaban J connectivity index is 1.00. The monoisotopic (exact) mass is 669 g/mol. The fourth-order valence-corrected chi connectivity index (χ4v) is 7.48. The van der Waals surface area contributed by atoms with Gasteiger partial charge in [0.05, 0.1) is 31.5 Å². The molecule has 270 valence electrons. The smallest absolute Gasteiger partial charge is 0.222 e. The molecular weight excluding hydrogens is 610 g/mol. The van der Waals surface area contributed by atoms with Crippen LogP contribution in [0, 0.1) is 11.8 Å². The molecule has 4 aliphatic rings. The van der Waals surface area contributed by atoms with Gasteiger partial charge in [0.1, 0.15) is 24.4 Å². The van der Waals surface area contributed by atoms with E-state index in [0.29, 0.717) is 57.9 Å². The Morgan fingerprint density at radius 1 is 0.872 bits per heavy atom. The second-order valence-electron chi connectivity index (χ2n) is 14.1. The van der Waals surface area contributed by atoms with Gasteiger partial charge >= 0.3 is 0 Å². The highest BCUT2D eigenvalue weighted by Crippen LogP contribution is 2.43. The first kappa shape index (κ1) is 37.9. The highest BCUT2D eigenvalue weighted by Gasteiger charge is 2.45. The highest BCUT2D eigenvalue weighted by molar-refractivity contribution is 5.77. The van der Waals surface area contributed by atoms with Crippen LogP contribution in [0.25, 0.3) is 0 Å². The van der Waals surface area contributed by atoms with Crippen molar-refractivity contribution in [2.45, 2.75) is 152 Å². The molecule has 6 N–H and O–H groups in total. The van der Waals surface area contributed by atoms with E-state index in [-0.39, 0.29) is 24.5 Å². The molecule has 0 radical (unpaired) electrons. The maximum Gasteiger partial charge on any atom is 0.222 e. The van der Waals surface area contributed by atoms with Gasteiger partial charge in [-0.25, -0.2) is 0 Å². The van der Waals surface area contributed by atoms with E-state index in [2.05, 4.69) is 10.6 Å². The minimum absolute atomic E-state index is 0.0265. The maximum absolute atomic E-state index is 12.9. The number of hydrogen-bond donors (Lipinski definition) is 6. The van der Waals surface area contributed by atoms with Crippen molar-refractivity contribution in [3.63, 3.8) is 0 Å². The summed E-state index contributed by atoms with van der Waals surface area (Å²) in [4.78, 5) is 38.5. The minimum Gasteiger partial charge on any atom is -0.394 e. The van der Waals surface area contributed by atoms with E-state index in [1.807, 2.05) is 4.90 Å². The molecule has 0 aromatic heterocycles. The standard InChI is InChI=1S/C34H59N3O10/c1-22(39)36-31-33(44)32(43)28(20-38)47-34(31)45-16-7-3-4-11-29(41)35-15-6-2-5-12-30(42)37-19-26(40)18-25(37)21-46-27-14-13-24(17-27)23-9-8-10-23/h23-28,31-34,38,40,43-44H,2-21H2,1H3,(H,35,41)(H,36,39)/t24?,25-,26+,27?,28?,31?,32?,33?,34?/m0/s1. The van der Waals surface area contributed by atoms with Crippen molar-refractivity contribution < 1.29 is 49.0 Å². The summed E-state index contributed by atoms with van der Waals surface area (Å²) in [6.07, 6.45) is 8.46. The SMILES string of the molecule is CC(=O)NC1C(OCCCCCC(=O)NCCCCCC(=O)N2C[C@H](O)C[C@H]2COC2CCC(C3CCC3)C2)OC(CO)C(O)C1O. The molecule has 13 nitrogen and oxygen atoms in total. The van der Waals surface area contributed by atoms with E-state index in [9.17, 15) is 34.8 Å². The van der Waals surface area contributed by atoms with E-state index in [1.54, 1.807) is 0 Å². The molecule has 2 saturated carbocycles. The first-order valence-electron chi connectivity index (χ1n) is 18.0. The van der Waals surface area contributed by atoms with Crippen LogP contribution in [0.15, 0.2) is 0 Å². The average Bonchev–Trinajstić information content (AvgIpc) is 3.63. The molecule has 0 aromatic carbocycles. The van der Waals surface area contributed by atoms with Crippen molar-refractivity contribution in [3.8, 4) is 0 Å². The molecule has 9 atom stereocenters. The largest absolute Gasteiger partial charge is 0.394 e. The Kier molecular flexibility index (Phi) is 15.6. The lowest BCUT2D eigenvalue weighted by molar-refractivity contribution is -0.270. The molecule has 0 spiro atoms. The number of unbranched alkanes of at least 4 members (excludes halogenated alkanes) is 4. The van der Waals surface area contributed by atoms with E-state index in [1.165, 1.54) is 32.6 Å². The van der Waals surface area contributed by atoms with Gasteiger partial charge in [-0.15, -0.1) is 0 Å². The predicted molar refractivity (Wildman–Crippen MR) is 172 cm³/mol. The zero-order valence-electron chi connectivity index (χ0n) is 28.1. The van der Waals surface area contributed by atoms with Crippen LogP contribution in [-0.4, -0.2) is 125 Å². The third-order valence-electron chi connectivity index (χ3n) is 10.4. The van der Waals surface area contributed by atoms with Gasteiger partial charge in [0.15, 0.2) is 6.29 Å². The van der Waals surface area contributed by atoms with Crippen molar-refractivity contribution in [1.82, 2.24) is 15.5 Å². The number of β-amino-alcohol motifs (C(OH)–C–C–N with tert-alkyl or cyclic N) is 1. The Labute approximate surface area is 279 Å². The Hall–Kier alpha value is -1.87. The summed E-state index contributed by atoms with van der Waals surface area (Å²) < 4.78 is 17.5. The number of ether oxygens (including phenoxy) is 3. The van der Waals surface area contributed by atoms with Crippen LogP contribution in [0.2, 0.25) is 0 Å². The number of nitrogens with one attached hydrogen (secondary N) is 2. The number of rotatable bonds is 19. The van der Waals surface area contributed by atoms with Gasteiger partial charge in [0, 0.05) is 39.5 Å². The molecule has 7 unspecified atom stereocenters. The molecule has 2 heterocycles. The number of aliphatic hydroxyl groups excluding tert-OH is 4. The van der Waals surface area contributed by atoms with Crippen molar-refractivity contribution in [3.05, 3.63) is 0 Å². The number of nitrogens with zero attached hydrogens (tertiary/aromatic N) is 1. The van der Waals surface area contributed by atoms with Crippen molar-refractivity contribution >= 4 is 17.7 Å². The molecule has 2 saturated heterocycles. The fourth-order valence-electron chi connectivity index (χ4n) is 7.48. The second kappa shape index (κ2) is 19.4. The average molecular weight is 670 g/mol. The van der Waals surface area contributed by atoms with Crippen LogP contribution < -0.4 is 10.6 Å². The first-order chi connectivity index (χ1) is 22.7. The molecule has 47 heavy (non-hydrogen) atoms. The Morgan fingerprint density at radius 3 is 2.36 bits per heavy atom. The van der Waals surface area contributed by atoms with Gasteiger partial charge in [-0.2, -0.15) is 0 Å². The number of amides is 3. The predicted octanol–water partition coefficient (Wildman–Crippen LogP) is 1.13. The van der Waals surface area contributed by atoms with Crippen LogP contribution in [0.4, 0.5) is 0 Å². The van der Waals surface area contributed by atoms with Gasteiger partial charge in [0.25, 0.3) is 0 Å². The van der Waals surface area contributed by atoms with Gasteiger partial charge < -0.3 is 50.2 Å². The van der Waals surface area contributed by atoms with Gasteiger partial charge in [-0.05, 0) is 63.2 Å². The maximum atomic E-state index is 12.9. The lowest BCUT2D eigenvalue weighted by Gasteiger charge is -2.42. The van der Waals surface area contributed by atoms with Crippen LogP contribution in [0.1, 0.15) is 103 Å².